The van der Waals surface area contributed by atoms with Crippen molar-refractivity contribution < 1.29 is 28.7 Å². The van der Waals surface area contributed by atoms with Gasteiger partial charge in [-0.05, 0) is 73.7 Å². The van der Waals surface area contributed by atoms with Crippen LogP contribution in [0, 0.1) is 0 Å². The molecule has 0 aliphatic rings. The van der Waals surface area contributed by atoms with Gasteiger partial charge < -0.3 is 25.4 Å². The highest BCUT2D eigenvalue weighted by Gasteiger charge is 2.18. The SMILES string of the molecule is COc1cccc(/C=C(/NC(=O)c2ccccc2)C(=O)Nc2cccc(SCC(=O)Nc3ccc(C(C)=O)cc3)c2)c1OC. The molecule has 9 nitrogen and oxygen atoms in total. The number of carbonyl (C=O) groups is 4. The van der Waals surface area contributed by atoms with Gasteiger partial charge in [0.15, 0.2) is 17.3 Å². The van der Waals surface area contributed by atoms with Gasteiger partial charge in [0.2, 0.25) is 5.91 Å². The van der Waals surface area contributed by atoms with E-state index >= 15 is 0 Å². The smallest absolute Gasteiger partial charge is 0.272 e. The van der Waals surface area contributed by atoms with Crippen molar-refractivity contribution >= 4 is 52.7 Å². The van der Waals surface area contributed by atoms with Crippen LogP contribution in [0.2, 0.25) is 0 Å². The number of ether oxygens (including phenoxy) is 2. The molecular formula is C34H31N3O6S. The van der Waals surface area contributed by atoms with Gasteiger partial charge in [-0.3, -0.25) is 19.2 Å². The fourth-order valence-corrected chi connectivity index (χ4v) is 4.87. The third-order valence-corrected chi connectivity index (χ3v) is 7.29. The number of para-hydroxylation sites is 1. The van der Waals surface area contributed by atoms with Crippen LogP contribution in [0.4, 0.5) is 11.4 Å². The molecule has 4 aromatic rings. The van der Waals surface area contributed by atoms with Crippen LogP contribution in [-0.4, -0.2) is 43.5 Å². The number of methoxy groups -OCH3 is 2. The fraction of sp³-hybridized carbons (Fsp3) is 0.118. The molecule has 0 aliphatic carbocycles. The Hall–Kier alpha value is -5.35. The molecule has 3 N–H and O–H groups in total. The molecule has 10 heteroatoms. The first-order chi connectivity index (χ1) is 21.3. The van der Waals surface area contributed by atoms with Gasteiger partial charge in [-0.15, -0.1) is 11.8 Å². The van der Waals surface area contributed by atoms with Crippen molar-refractivity contribution in [1.82, 2.24) is 5.32 Å². The van der Waals surface area contributed by atoms with E-state index in [1.165, 1.54) is 39.0 Å². The number of hydrogen-bond donors (Lipinski definition) is 3. The zero-order chi connectivity index (χ0) is 31.5. The number of carbonyl (C=O) groups excluding carboxylic acids is 4. The van der Waals surface area contributed by atoms with E-state index in [-0.39, 0.29) is 23.1 Å². The number of Topliss-reactive ketones (excluding diaryl/α,β-unsaturated/α-hetero) is 1. The maximum atomic E-state index is 13.5. The largest absolute Gasteiger partial charge is 0.493 e. The van der Waals surface area contributed by atoms with Crippen LogP contribution in [0.25, 0.3) is 6.08 Å². The molecule has 0 spiro atoms. The summed E-state index contributed by atoms with van der Waals surface area (Å²) in [7, 11) is 3.00. The molecule has 0 unspecified atom stereocenters. The number of amides is 3. The van der Waals surface area contributed by atoms with Crippen molar-refractivity contribution in [3.8, 4) is 11.5 Å². The van der Waals surface area contributed by atoms with Crippen LogP contribution in [0.15, 0.2) is 108 Å². The van der Waals surface area contributed by atoms with Crippen LogP contribution in [0.3, 0.4) is 0 Å². The van der Waals surface area contributed by atoms with Crippen molar-refractivity contribution in [1.29, 1.82) is 0 Å². The minimum absolute atomic E-state index is 0.0152. The van der Waals surface area contributed by atoms with E-state index in [1.54, 1.807) is 91.0 Å². The Morgan fingerprint density at radius 1 is 0.750 bits per heavy atom. The second-order valence-corrected chi connectivity index (χ2v) is 10.5. The van der Waals surface area contributed by atoms with Crippen molar-refractivity contribution in [2.24, 2.45) is 0 Å². The molecule has 0 saturated heterocycles. The van der Waals surface area contributed by atoms with E-state index in [9.17, 15) is 19.2 Å². The minimum atomic E-state index is -0.562. The Kier molecular flexibility index (Phi) is 10.9. The lowest BCUT2D eigenvalue weighted by Gasteiger charge is -2.14. The van der Waals surface area contributed by atoms with E-state index < -0.39 is 11.8 Å². The zero-order valence-corrected chi connectivity index (χ0v) is 25.2. The highest BCUT2D eigenvalue weighted by atomic mass is 32.2. The molecule has 3 amide bonds. The predicted octanol–water partition coefficient (Wildman–Crippen LogP) is 6.05. The summed E-state index contributed by atoms with van der Waals surface area (Å²) in [5.41, 5.74) is 2.52. The van der Waals surface area contributed by atoms with E-state index in [4.69, 9.17) is 9.47 Å². The number of thioether (sulfide) groups is 1. The molecule has 44 heavy (non-hydrogen) atoms. The molecule has 0 atom stereocenters. The molecule has 0 fully saturated rings. The molecule has 4 rings (SSSR count). The maximum absolute atomic E-state index is 13.5. The number of rotatable bonds is 12. The Morgan fingerprint density at radius 2 is 1.48 bits per heavy atom. The van der Waals surface area contributed by atoms with Gasteiger partial charge in [-0.1, -0.05) is 36.4 Å². The number of anilines is 2. The summed E-state index contributed by atoms with van der Waals surface area (Å²) in [5, 5.41) is 8.35. The fourth-order valence-electron chi connectivity index (χ4n) is 4.12. The second-order valence-electron chi connectivity index (χ2n) is 9.41. The molecule has 0 radical (unpaired) electrons. The first-order valence-electron chi connectivity index (χ1n) is 13.5. The average molecular weight is 610 g/mol. The molecule has 0 aromatic heterocycles. The third-order valence-electron chi connectivity index (χ3n) is 6.30. The quantitative estimate of drug-likeness (QED) is 0.102. The molecule has 4 aromatic carbocycles. The number of benzene rings is 4. The number of hydrogen-bond acceptors (Lipinski definition) is 7. The highest BCUT2D eigenvalue weighted by Crippen LogP contribution is 2.32. The van der Waals surface area contributed by atoms with Crippen molar-refractivity contribution in [2.45, 2.75) is 11.8 Å². The van der Waals surface area contributed by atoms with E-state index in [0.29, 0.717) is 39.6 Å². The molecule has 224 valence electrons. The topological polar surface area (TPSA) is 123 Å². The minimum Gasteiger partial charge on any atom is -0.493 e. The third kappa shape index (κ3) is 8.59. The summed E-state index contributed by atoms with van der Waals surface area (Å²) >= 11 is 1.29. The lowest BCUT2D eigenvalue weighted by Crippen LogP contribution is -2.30. The van der Waals surface area contributed by atoms with E-state index in [0.717, 1.165) is 4.90 Å². The molecule has 0 aliphatic heterocycles. The van der Waals surface area contributed by atoms with E-state index in [1.807, 2.05) is 6.07 Å². The molecule has 0 saturated carbocycles. The second kappa shape index (κ2) is 15.2. The van der Waals surface area contributed by atoms with Crippen molar-refractivity contribution in [3.05, 3.63) is 119 Å². The average Bonchev–Trinajstić information content (AvgIpc) is 3.04. The molecule has 0 bridgehead atoms. The normalized spacial score (nSPS) is 10.8. The van der Waals surface area contributed by atoms with Crippen LogP contribution >= 0.6 is 11.8 Å². The highest BCUT2D eigenvalue weighted by molar-refractivity contribution is 8.00. The molecular weight excluding hydrogens is 578 g/mol. The van der Waals surface area contributed by atoms with Gasteiger partial charge in [0.05, 0.1) is 20.0 Å². The Balaban J connectivity index is 1.49. The van der Waals surface area contributed by atoms with Gasteiger partial charge in [0, 0.05) is 33.0 Å². The lowest BCUT2D eigenvalue weighted by atomic mass is 10.1. The number of nitrogens with one attached hydrogen (secondary N) is 3. The first-order valence-corrected chi connectivity index (χ1v) is 14.5. The van der Waals surface area contributed by atoms with Crippen LogP contribution in [0.5, 0.6) is 11.5 Å². The summed E-state index contributed by atoms with van der Waals surface area (Å²) in [4.78, 5) is 51.3. The first kappa shape index (κ1) is 31.6. The van der Waals surface area contributed by atoms with Gasteiger partial charge >= 0.3 is 0 Å². The Bertz CT molecular complexity index is 1690. The maximum Gasteiger partial charge on any atom is 0.272 e. The lowest BCUT2D eigenvalue weighted by molar-refractivity contribution is -0.114. The number of ketones is 1. The summed E-state index contributed by atoms with van der Waals surface area (Å²) < 4.78 is 10.9. The van der Waals surface area contributed by atoms with Crippen molar-refractivity contribution in [3.63, 3.8) is 0 Å². The van der Waals surface area contributed by atoms with Crippen LogP contribution in [-0.2, 0) is 9.59 Å². The summed E-state index contributed by atoms with van der Waals surface area (Å²) in [6, 6.07) is 27.5. The van der Waals surface area contributed by atoms with Gasteiger partial charge in [0.25, 0.3) is 11.8 Å². The zero-order valence-electron chi connectivity index (χ0n) is 24.4. The van der Waals surface area contributed by atoms with Gasteiger partial charge in [0.1, 0.15) is 5.70 Å². The van der Waals surface area contributed by atoms with E-state index in [2.05, 4.69) is 16.0 Å². The Morgan fingerprint density at radius 3 is 2.16 bits per heavy atom. The van der Waals surface area contributed by atoms with Crippen molar-refractivity contribution in [2.75, 3.05) is 30.6 Å². The van der Waals surface area contributed by atoms with Crippen LogP contribution < -0.4 is 25.4 Å². The standard InChI is InChI=1S/C34H31N3O6S/c1-22(38)23-15-17-26(18-16-23)35-31(39)21-44-28-13-8-12-27(20-28)36-34(41)29(37-33(40)24-9-5-4-6-10-24)19-25-11-7-14-30(42-2)32(25)43-3/h4-20H,21H2,1-3H3,(H,35,39)(H,36,41)(H,37,40)/b29-19+. The predicted molar refractivity (Wildman–Crippen MR) is 172 cm³/mol. The molecule has 0 heterocycles. The summed E-state index contributed by atoms with van der Waals surface area (Å²) in [6.07, 6.45) is 1.52. The Labute approximate surface area is 259 Å². The van der Waals surface area contributed by atoms with Gasteiger partial charge in [-0.2, -0.15) is 0 Å². The van der Waals surface area contributed by atoms with Crippen LogP contribution in [0.1, 0.15) is 33.2 Å². The summed E-state index contributed by atoms with van der Waals surface area (Å²) in [6.45, 7) is 1.48. The van der Waals surface area contributed by atoms with Gasteiger partial charge in [-0.25, -0.2) is 0 Å². The summed E-state index contributed by atoms with van der Waals surface area (Å²) in [5.74, 6) is -0.293. The monoisotopic (exact) mass is 609 g/mol.